The highest BCUT2D eigenvalue weighted by Crippen LogP contribution is 2.36. The molecule has 0 radical (unpaired) electrons. The summed E-state index contributed by atoms with van der Waals surface area (Å²) in [7, 11) is 0. The van der Waals surface area contributed by atoms with Crippen LogP contribution < -0.4 is 9.47 Å². The van der Waals surface area contributed by atoms with Crippen molar-refractivity contribution >= 4 is 24.5 Å². The first-order valence-corrected chi connectivity index (χ1v) is 11.3. The third-order valence-electron chi connectivity index (χ3n) is 6.99. The molecule has 0 atom stereocenters. The van der Waals surface area contributed by atoms with Gasteiger partial charge in [0.25, 0.3) is 0 Å². The number of benzene rings is 1. The zero-order chi connectivity index (χ0) is 22.5. The molecule has 0 aromatic heterocycles. The number of carbonyl (C=O) groups excluding carboxylic acids is 4. The van der Waals surface area contributed by atoms with Crippen molar-refractivity contribution in [1.29, 1.82) is 0 Å². The third-order valence-corrected chi connectivity index (χ3v) is 6.99. The molecule has 0 N–H and O–H groups in total. The number of hydrogen-bond donors (Lipinski definition) is 0. The average Bonchev–Trinajstić information content (AvgIpc) is 2.80. The Balaban J connectivity index is 1.66. The number of carbonyl (C=O) groups is 4. The zero-order valence-electron chi connectivity index (χ0n) is 18.6. The van der Waals surface area contributed by atoms with Crippen LogP contribution in [0.25, 0.3) is 0 Å². The molecule has 0 bridgehead atoms. The molecule has 2 aliphatic rings. The van der Waals surface area contributed by atoms with E-state index in [4.69, 9.17) is 9.47 Å². The number of rotatable bonds is 6. The largest absolute Gasteiger partial charge is 0.426 e. The van der Waals surface area contributed by atoms with Gasteiger partial charge in [-0.15, -0.1) is 0 Å². The van der Waals surface area contributed by atoms with Gasteiger partial charge in [0.2, 0.25) is 0 Å². The molecule has 6 nitrogen and oxygen atoms in total. The highest BCUT2D eigenvalue weighted by atomic mass is 16.5. The normalized spacial score (nSPS) is 26.0. The smallest absolute Gasteiger partial charge is 0.314 e. The molecule has 6 heteroatoms. The van der Waals surface area contributed by atoms with E-state index in [0.717, 1.165) is 54.9 Å². The van der Waals surface area contributed by atoms with Gasteiger partial charge in [-0.05, 0) is 94.9 Å². The van der Waals surface area contributed by atoms with E-state index >= 15 is 0 Å². The summed E-state index contributed by atoms with van der Waals surface area (Å²) in [6, 6.07) is 1.75. The Morgan fingerprint density at radius 1 is 0.742 bits per heavy atom. The Morgan fingerprint density at radius 3 is 1.65 bits per heavy atom. The minimum absolute atomic E-state index is 0.0530. The quantitative estimate of drug-likeness (QED) is 0.378. The summed E-state index contributed by atoms with van der Waals surface area (Å²) in [6.45, 7) is 5.55. The Kier molecular flexibility index (Phi) is 7.63. The maximum absolute atomic E-state index is 12.7. The first-order chi connectivity index (χ1) is 14.8. The number of ether oxygens (including phenoxy) is 2. The Hall–Kier alpha value is -2.50. The fourth-order valence-corrected chi connectivity index (χ4v) is 4.64. The van der Waals surface area contributed by atoms with Crippen molar-refractivity contribution in [3.8, 4) is 11.5 Å². The zero-order valence-corrected chi connectivity index (χ0v) is 18.6. The van der Waals surface area contributed by atoms with E-state index in [2.05, 4.69) is 0 Å². The molecule has 0 unspecified atom stereocenters. The van der Waals surface area contributed by atoms with Gasteiger partial charge in [-0.3, -0.25) is 9.59 Å². The molecule has 0 saturated heterocycles. The van der Waals surface area contributed by atoms with Crippen LogP contribution in [0.4, 0.5) is 0 Å². The predicted octanol–water partition coefficient (Wildman–Crippen LogP) is 4.43. The summed E-state index contributed by atoms with van der Waals surface area (Å²) in [5.74, 6) is 0.226. The maximum Gasteiger partial charge on any atom is 0.314 e. The summed E-state index contributed by atoms with van der Waals surface area (Å²) in [5, 5.41) is 0. The molecule has 2 aliphatic carbocycles. The summed E-state index contributed by atoms with van der Waals surface area (Å²) in [5.41, 5.74) is 2.29. The fourth-order valence-electron chi connectivity index (χ4n) is 4.64. The molecule has 0 heterocycles. The molecular weight excluding hydrogens is 396 g/mol. The van der Waals surface area contributed by atoms with Crippen LogP contribution in [0.15, 0.2) is 6.07 Å². The lowest BCUT2D eigenvalue weighted by atomic mass is 9.83. The molecule has 3 rings (SSSR count). The van der Waals surface area contributed by atoms with E-state index in [9.17, 15) is 19.2 Å². The number of aryl methyl sites for hydroxylation is 1. The van der Waals surface area contributed by atoms with Gasteiger partial charge in [-0.2, -0.15) is 0 Å². The predicted molar refractivity (Wildman–Crippen MR) is 115 cm³/mol. The lowest BCUT2D eigenvalue weighted by Gasteiger charge is -2.25. The lowest BCUT2D eigenvalue weighted by molar-refractivity contribution is -0.141. The minimum atomic E-state index is -0.261. The topological polar surface area (TPSA) is 86.7 Å². The first-order valence-electron chi connectivity index (χ1n) is 11.3. The van der Waals surface area contributed by atoms with Gasteiger partial charge in [0.15, 0.2) is 0 Å². The van der Waals surface area contributed by atoms with E-state index in [1.54, 1.807) is 6.07 Å². The molecule has 168 valence electrons. The SMILES string of the molecule is Cc1cc(OC(=O)C2CCC(C=O)CC2)c(C)c(C)c1OC(=O)C1CCC(C=O)CC1. The van der Waals surface area contributed by atoms with E-state index in [0.29, 0.717) is 37.2 Å². The number of hydrogen-bond acceptors (Lipinski definition) is 6. The van der Waals surface area contributed by atoms with Crippen LogP contribution in [0.2, 0.25) is 0 Å². The second-order valence-corrected chi connectivity index (χ2v) is 9.11. The molecular formula is C25H32O6. The first kappa shape index (κ1) is 23.2. The van der Waals surface area contributed by atoms with Gasteiger partial charge in [0.1, 0.15) is 24.1 Å². The van der Waals surface area contributed by atoms with Gasteiger partial charge in [-0.1, -0.05) is 0 Å². The van der Waals surface area contributed by atoms with Crippen LogP contribution in [0.3, 0.4) is 0 Å². The van der Waals surface area contributed by atoms with Gasteiger partial charge in [-0.25, -0.2) is 0 Å². The molecule has 1 aromatic rings. The van der Waals surface area contributed by atoms with Gasteiger partial charge < -0.3 is 19.1 Å². The van der Waals surface area contributed by atoms with E-state index in [1.807, 2.05) is 20.8 Å². The van der Waals surface area contributed by atoms with E-state index in [1.165, 1.54) is 0 Å². The van der Waals surface area contributed by atoms with Crippen LogP contribution >= 0.6 is 0 Å². The molecule has 0 spiro atoms. The van der Waals surface area contributed by atoms with Crippen molar-refractivity contribution in [3.05, 3.63) is 22.8 Å². The minimum Gasteiger partial charge on any atom is -0.426 e. The Bertz CT molecular complexity index is 842. The van der Waals surface area contributed by atoms with Crippen LogP contribution in [0.1, 0.15) is 68.1 Å². The molecule has 2 fully saturated rings. The summed E-state index contributed by atoms with van der Waals surface area (Å²) in [6.07, 6.45) is 7.53. The highest BCUT2D eigenvalue weighted by Gasteiger charge is 2.30. The van der Waals surface area contributed by atoms with Crippen LogP contribution in [0.5, 0.6) is 11.5 Å². The summed E-state index contributed by atoms with van der Waals surface area (Å²) in [4.78, 5) is 47.2. The monoisotopic (exact) mass is 428 g/mol. The molecule has 1 aromatic carbocycles. The second kappa shape index (κ2) is 10.2. The molecule has 2 saturated carbocycles. The van der Waals surface area contributed by atoms with Gasteiger partial charge in [0.05, 0.1) is 11.8 Å². The fraction of sp³-hybridized carbons (Fsp3) is 0.600. The summed E-state index contributed by atoms with van der Waals surface area (Å²) < 4.78 is 11.5. The Labute approximate surface area is 183 Å². The van der Waals surface area contributed by atoms with Crippen molar-refractivity contribution in [3.63, 3.8) is 0 Å². The van der Waals surface area contributed by atoms with Crippen molar-refractivity contribution in [2.75, 3.05) is 0 Å². The lowest BCUT2D eigenvalue weighted by Crippen LogP contribution is -2.27. The summed E-state index contributed by atoms with van der Waals surface area (Å²) >= 11 is 0. The van der Waals surface area contributed by atoms with Crippen molar-refractivity contribution < 1.29 is 28.7 Å². The van der Waals surface area contributed by atoms with Crippen molar-refractivity contribution in [2.24, 2.45) is 23.7 Å². The number of esters is 2. The van der Waals surface area contributed by atoms with Crippen LogP contribution in [0, 0.1) is 44.4 Å². The van der Waals surface area contributed by atoms with Gasteiger partial charge >= 0.3 is 11.9 Å². The second-order valence-electron chi connectivity index (χ2n) is 9.11. The van der Waals surface area contributed by atoms with Crippen LogP contribution in [-0.2, 0) is 19.2 Å². The maximum atomic E-state index is 12.7. The average molecular weight is 429 g/mol. The van der Waals surface area contributed by atoms with Crippen molar-refractivity contribution in [1.82, 2.24) is 0 Å². The van der Waals surface area contributed by atoms with Gasteiger partial charge in [0, 0.05) is 11.8 Å². The molecule has 31 heavy (non-hydrogen) atoms. The van der Waals surface area contributed by atoms with Crippen molar-refractivity contribution in [2.45, 2.75) is 72.1 Å². The standard InChI is InChI=1S/C25H32O6/c1-15-12-22(30-24(28)20-8-4-18(13-26)5-9-20)16(2)17(3)23(15)31-25(29)21-10-6-19(14-27)7-11-21/h12-14,18-21H,4-11H2,1-3H3. The third kappa shape index (κ3) is 5.41. The van der Waals surface area contributed by atoms with E-state index < -0.39 is 0 Å². The molecule has 0 amide bonds. The van der Waals surface area contributed by atoms with Crippen LogP contribution in [-0.4, -0.2) is 24.5 Å². The molecule has 0 aliphatic heterocycles. The van der Waals surface area contributed by atoms with E-state index in [-0.39, 0.29) is 35.6 Å². The Morgan fingerprint density at radius 2 is 1.19 bits per heavy atom. The highest BCUT2D eigenvalue weighted by molar-refractivity contribution is 5.78. The number of aldehydes is 2.